The van der Waals surface area contributed by atoms with Crippen molar-refractivity contribution in [2.45, 2.75) is 44.0 Å². The number of ether oxygens (including phenoxy) is 1. The van der Waals surface area contributed by atoms with E-state index in [9.17, 15) is 4.79 Å². The number of carbonyl (C=O) groups excluding carboxylic acids is 1. The summed E-state index contributed by atoms with van der Waals surface area (Å²) in [6, 6.07) is 28.7. The number of nitrogens with zero attached hydrogens (tertiary/aromatic N) is 3. The van der Waals surface area contributed by atoms with Crippen molar-refractivity contribution < 1.29 is 9.53 Å². The van der Waals surface area contributed by atoms with Crippen LogP contribution in [0.1, 0.15) is 42.7 Å². The number of likely N-dealkylation sites (tertiary alicyclic amines) is 1. The maximum atomic E-state index is 13.3. The number of piperidine rings is 1. The van der Waals surface area contributed by atoms with Gasteiger partial charge in [-0.2, -0.15) is 0 Å². The van der Waals surface area contributed by atoms with Crippen LogP contribution in [-0.4, -0.2) is 39.5 Å². The first-order chi connectivity index (χ1) is 17.8. The molecule has 2 aliphatic heterocycles. The Morgan fingerprint density at radius 1 is 0.889 bits per heavy atom. The lowest BCUT2D eigenvalue weighted by Gasteiger charge is -2.34. The van der Waals surface area contributed by atoms with Gasteiger partial charge in [0.2, 0.25) is 5.91 Å². The Morgan fingerprint density at radius 2 is 1.58 bits per heavy atom. The summed E-state index contributed by atoms with van der Waals surface area (Å²) in [4.78, 5) is 20.2. The molecule has 36 heavy (non-hydrogen) atoms. The van der Waals surface area contributed by atoms with E-state index in [4.69, 9.17) is 9.72 Å². The normalized spacial score (nSPS) is 20.6. The highest BCUT2D eigenvalue weighted by molar-refractivity contribution is 5.82. The molecule has 2 atom stereocenters. The van der Waals surface area contributed by atoms with Crippen molar-refractivity contribution in [1.29, 1.82) is 0 Å². The molecule has 1 amide bonds. The van der Waals surface area contributed by atoms with Crippen LogP contribution in [0, 0.1) is 0 Å². The number of nitrogens with one attached hydrogen (secondary N) is 2. The van der Waals surface area contributed by atoms with Crippen molar-refractivity contribution in [3.63, 3.8) is 0 Å². The summed E-state index contributed by atoms with van der Waals surface area (Å²) in [5.74, 6) is 1.95. The van der Waals surface area contributed by atoms with E-state index in [-0.39, 0.29) is 24.0 Å². The summed E-state index contributed by atoms with van der Waals surface area (Å²) < 4.78 is 8.40. The van der Waals surface area contributed by atoms with E-state index >= 15 is 0 Å². The van der Waals surface area contributed by atoms with Gasteiger partial charge in [-0.05, 0) is 49.1 Å². The van der Waals surface area contributed by atoms with Crippen LogP contribution in [0.3, 0.4) is 0 Å². The molecule has 3 heterocycles. The molecule has 2 unspecified atom stereocenters. The van der Waals surface area contributed by atoms with Gasteiger partial charge < -0.3 is 14.2 Å². The molecule has 2 aliphatic rings. The minimum atomic E-state index is -0.198. The fraction of sp³-hybridized carbons (Fsp3) is 0.310. The number of hydrogen-bond donors (Lipinski definition) is 2. The summed E-state index contributed by atoms with van der Waals surface area (Å²) >= 11 is 0. The maximum absolute atomic E-state index is 13.3. The third-order valence-corrected chi connectivity index (χ3v) is 7.32. The van der Waals surface area contributed by atoms with E-state index in [1.807, 2.05) is 59.5 Å². The summed E-state index contributed by atoms with van der Waals surface area (Å²) in [6.45, 7) is 1.89. The number of imidazole rings is 1. The summed E-state index contributed by atoms with van der Waals surface area (Å²) in [7, 11) is 0. The minimum absolute atomic E-state index is 0.155. The lowest BCUT2D eigenvalue weighted by Crippen LogP contribution is -2.48. The highest BCUT2D eigenvalue weighted by Gasteiger charge is 2.35. The smallest absolute Gasteiger partial charge is 0.241 e. The molecule has 6 rings (SSSR count). The van der Waals surface area contributed by atoms with E-state index in [0.717, 1.165) is 55.0 Å². The van der Waals surface area contributed by atoms with Crippen molar-refractivity contribution in [3.05, 3.63) is 96.3 Å². The summed E-state index contributed by atoms with van der Waals surface area (Å²) in [6.07, 6.45) is 2.55. The number of carbonyl (C=O) groups is 1. The molecule has 2 fully saturated rings. The molecule has 184 valence electrons. The monoisotopic (exact) mass is 481 g/mol. The van der Waals surface area contributed by atoms with Crippen molar-refractivity contribution in [1.82, 2.24) is 25.3 Å². The number of benzene rings is 3. The van der Waals surface area contributed by atoms with E-state index < -0.39 is 0 Å². The van der Waals surface area contributed by atoms with Crippen LogP contribution < -0.4 is 15.6 Å². The Balaban J connectivity index is 1.13. The van der Waals surface area contributed by atoms with Gasteiger partial charge in [-0.1, -0.05) is 60.7 Å². The number of aromatic nitrogens is 2. The zero-order valence-electron chi connectivity index (χ0n) is 20.2. The van der Waals surface area contributed by atoms with Crippen molar-refractivity contribution >= 4 is 16.9 Å². The molecule has 2 saturated heterocycles. The molecule has 4 aromatic rings. The number of amides is 1. The van der Waals surface area contributed by atoms with Crippen molar-refractivity contribution in [3.8, 4) is 5.75 Å². The number of hydrogen-bond acceptors (Lipinski definition) is 5. The number of hydrazine groups is 1. The van der Waals surface area contributed by atoms with E-state index in [0.29, 0.717) is 6.61 Å². The van der Waals surface area contributed by atoms with Crippen molar-refractivity contribution in [2.75, 3.05) is 13.1 Å². The molecule has 3 aromatic carbocycles. The number of fused-ring (bicyclic) bond motifs is 1. The van der Waals surface area contributed by atoms with Gasteiger partial charge in [0.25, 0.3) is 0 Å². The van der Waals surface area contributed by atoms with Gasteiger partial charge >= 0.3 is 0 Å². The van der Waals surface area contributed by atoms with Crippen LogP contribution >= 0.6 is 0 Å². The standard InChI is InChI=1S/C29H31N5O2/c35-29(26-19-25(31-32-26)21-9-3-1-4-10-21)33-17-15-22(16-18-33)34-27-14-8-7-13-24(27)30-28(34)20-36-23-11-5-2-6-12-23/h1-14,22,25-26,31-32H,15-20H2. The highest BCUT2D eigenvalue weighted by Crippen LogP contribution is 2.31. The summed E-state index contributed by atoms with van der Waals surface area (Å²) in [5.41, 5.74) is 9.85. The molecule has 0 spiro atoms. The topological polar surface area (TPSA) is 71.4 Å². The lowest BCUT2D eigenvalue weighted by molar-refractivity contribution is -0.134. The Kier molecular flexibility index (Phi) is 6.40. The second-order valence-corrected chi connectivity index (χ2v) is 9.59. The van der Waals surface area contributed by atoms with Crippen LogP contribution in [-0.2, 0) is 11.4 Å². The second-order valence-electron chi connectivity index (χ2n) is 9.59. The zero-order valence-corrected chi connectivity index (χ0v) is 20.2. The Hall–Kier alpha value is -3.68. The fourth-order valence-corrected chi connectivity index (χ4v) is 5.46. The van der Waals surface area contributed by atoms with Gasteiger partial charge in [-0.25, -0.2) is 15.8 Å². The molecule has 0 radical (unpaired) electrons. The average Bonchev–Trinajstić information content (AvgIpc) is 3.58. The third-order valence-electron chi connectivity index (χ3n) is 7.32. The first kappa shape index (κ1) is 22.8. The van der Waals surface area contributed by atoms with Gasteiger partial charge in [0.15, 0.2) is 0 Å². The Bertz CT molecular complexity index is 1320. The van der Waals surface area contributed by atoms with Crippen LogP contribution in [0.2, 0.25) is 0 Å². The zero-order chi connectivity index (χ0) is 24.3. The average molecular weight is 482 g/mol. The summed E-state index contributed by atoms with van der Waals surface area (Å²) in [5, 5.41) is 0. The van der Waals surface area contributed by atoms with Crippen LogP contribution in [0.4, 0.5) is 0 Å². The predicted octanol–water partition coefficient (Wildman–Crippen LogP) is 4.39. The highest BCUT2D eigenvalue weighted by atomic mass is 16.5. The Morgan fingerprint density at radius 3 is 2.36 bits per heavy atom. The molecule has 0 saturated carbocycles. The quantitative estimate of drug-likeness (QED) is 0.428. The largest absolute Gasteiger partial charge is 0.486 e. The Labute approximate surface area is 211 Å². The number of rotatable bonds is 6. The molecule has 7 heteroatoms. The van der Waals surface area contributed by atoms with Gasteiger partial charge in [-0.3, -0.25) is 4.79 Å². The lowest BCUT2D eigenvalue weighted by atomic mass is 9.99. The van der Waals surface area contributed by atoms with Gasteiger partial charge in [-0.15, -0.1) is 0 Å². The van der Waals surface area contributed by atoms with Crippen LogP contribution in [0.25, 0.3) is 11.0 Å². The van der Waals surface area contributed by atoms with Crippen molar-refractivity contribution in [2.24, 2.45) is 0 Å². The molecule has 2 N–H and O–H groups in total. The van der Waals surface area contributed by atoms with E-state index in [2.05, 4.69) is 45.8 Å². The molecule has 7 nitrogen and oxygen atoms in total. The molecular formula is C29H31N5O2. The third kappa shape index (κ3) is 4.59. The molecule has 0 bridgehead atoms. The second kappa shape index (κ2) is 10.1. The minimum Gasteiger partial charge on any atom is -0.486 e. The molecular weight excluding hydrogens is 450 g/mol. The fourth-order valence-electron chi connectivity index (χ4n) is 5.46. The number of para-hydroxylation sites is 3. The maximum Gasteiger partial charge on any atom is 0.241 e. The van der Waals surface area contributed by atoms with Gasteiger partial charge in [0, 0.05) is 25.2 Å². The first-order valence-corrected chi connectivity index (χ1v) is 12.7. The first-order valence-electron chi connectivity index (χ1n) is 12.7. The van der Waals surface area contributed by atoms with E-state index in [1.165, 1.54) is 5.56 Å². The SMILES string of the molecule is O=C(C1CC(c2ccccc2)NN1)N1CCC(n2c(COc3ccccc3)nc3ccccc32)CC1. The van der Waals surface area contributed by atoms with Gasteiger partial charge in [0.1, 0.15) is 24.2 Å². The van der Waals surface area contributed by atoms with Crippen LogP contribution in [0.5, 0.6) is 5.75 Å². The molecule has 0 aliphatic carbocycles. The van der Waals surface area contributed by atoms with Crippen LogP contribution in [0.15, 0.2) is 84.9 Å². The predicted molar refractivity (Wildman–Crippen MR) is 139 cm³/mol. The van der Waals surface area contributed by atoms with E-state index in [1.54, 1.807) is 0 Å². The molecule has 1 aromatic heterocycles. The van der Waals surface area contributed by atoms with Gasteiger partial charge in [0.05, 0.1) is 11.0 Å².